The normalized spacial score (nSPS) is 11.4. The summed E-state index contributed by atoms with van der Waals surface area (Å²) < 4.78 is 2.93. The maximum absolute atomic E-state index is 12.5. The molecule has 1 amide bonds. The molecule has 33 heavy (non-hydrogen) atoms. The first-order valence-corrected chi connectivity index (χ1v) is 12.1. The van der Waals surface area contributed by atoms with Crippen molar-refractivity contribution in [1.29, 1.82) is 0 Å². The maximum Gasteiger partial charge on any atom is 0.250 e. The molecule has 6 nitrogen and oxygen atoms in total. The number of para-hydroxylation sites is 1. The number of hydrazone groups is 1. The molecule has 4 aromatic rings. The highest BCUT2D eigenvalue weighted by molar-refractivity contribution is 9.10. The number of aromatic nitrogens is 3. The van der Waals surface area contributed by atoms with Crippen LogP contribution in [0.5, 0.6) is 0 Å². The molecule has 1 heterocycles. The second-order valence-electron chi connectivity index (χ2n) is 7.37. The summed E-state index contributed by atoms with van der Waals surface area (Å²) in [4.78, 5) is 12.5. The molecule has 0 spiro atoms. The van der Waals surface area contributed by atoms with Crippen LogP contribution in [0.15, 0.2) is 93.6 Å². The van der Waals surface area contributed by atoms with Gasteiger partial charge in [0.25, 0.3) is 5.91 Å². The van der Waals surface area contributed by atoms with Gasteiger partial charge in [-0.25, -0.2) is 5.43 Å². The fourth-order valence-electron chi connectivity index (χ4n) is 3.15. The fourth-order valence-corrected chi connectivity index (χ4v) is 4.29. The zero-order valence-electron chi connectivity index (χ0n) is 18.2. The molecule has 8 heteroatoms. The second-order valence-corrected chi connectivity index (χ2v) is 9.23. The van der Waals surface area contributed by atoms with Crippen molar-refractivity contribution in [2.24, 2.45) is 5.10 Å². The highest BCUT2D eigenvalue weighted by Crippen LogP contribution is 2.28. The van der Waals surface area contributed by atoms with Crippen molar-refractivity contribution in [3.8, 4) is 17.1 Å². The van der Waals surface area contributed by atoms with Gasteiger partial charge in [-0.15, -0.1) is 10.2 Å². The molecule has 3 aromatic carbocycles. The third-order valence-corrected chi connectivity index (χ3v) is 6.30. The molecule has 0 aliphatic heterocycles. The zero-order valence-corrected chi connectivity index (χ0v) is 20.6. The van der Waals surface area contributed by atoms with Crippen LogP contribution in [-0.4, -0.2) is 32.1 Å². The zero-order chi connectivity index (χ0) is 23.2. The summed E-state index contributed by atoms with van der Waals surface area (Å²) >= 11 is 4.77. The number of carbonyl (C=O) groups excluding carboxylic acids is 1. The standard InChI is InChI=1S/C25H22BrN5OS/c1-17-11-13-19(14-12-17)24-29-30-25(31(24)22-9-4-3-5-10-22)33-16-23(32)28-27-18(2)20-7-6-8-21(26)15-20/h3-15H,16H2,1-2H3,(H,28,32). The summed E-state index contributed by atoms with van der Waals surface area (Å²) in [6.07, 6.45) is 0. The van der Waals surface area contributed by atoms with Crippen molar-refractivity contribution in [1.82, 2.24) is 20.2 Å². The van der Waals surface area contributed by atoms with E-state index in [1.54, 1.807) is 0 Å². The average Bonchev–Trinajstić information content (AvgIpc) is 3.26. The summed E-state index contributed by atoms with van der Waals surface area (Å²) in [6.45, 7) is 3.90. The lowest BCUT2D eigenvalue weighted by atomic mass is 10.1. The number of halogens is 1. The first-order valence-electron chi connectivity index (χ1n) is 10.3. The Morgan fingerprint density at radius 2 is 1.79 bits per heavy atom. The van der Waals surface area contributed by atoms with E-state index in [0.29, 0.717) is 5.16 Å². The Balaban J connectivity index is 1.51. The van der Waals surface area contributed by atoms with Gasteiger partial charge >= 0.3 is 0 Å². The third-order valence-electron chi connectivity index (χ3n) is 4.88. The molecule has 4 rings (SSSR count). The lowest BCUT2D eigenvalue weighted by Gasteiger charge is -2.10. The van der Waals surface area contributed by atoms with Crippen molar-refractivity contribution in [2.75, 3.05) is 5.75 Å². The second kappa shape index (κ2) is 10.6. The third kappa shape index (κ3) is 5.77. The van der Waals surface area contributed by atoms with Gasteiger partial charge in [0.2, 0.25) is 0 Å². The van der Waals surface area contributed by atoms with E-state index in [9.17, 15) is 4.79 Å². The number of nitrogens with one attached hydrogen (secondary N) is 1. The van der Waals surface area contributed by atoms with Crippen molar-refractivity contribution < 1.29 is 4.79 Å². The van der Waals surface area contributed by atoms with Gasteiger partial charge in [0.05, 0.1) is 11.5 Å². The number of thioether (sulfide) groups is 1. The molecular weight excluding hydrogens is 498 g/mol. The first kappa shape index (κ1) is 22.9. The van der Waals surface area contributed by atoms with Crippen LogP contribution in [0.2, 0.25) is 0 Å². The van der Waals surface area contributed by atoms with E-state index in [1.165, 1.54) is 17.3 Å². The molecule has 1 aromatic heterocycles. The smallest absolute Gasteiger partial charge is 0.250 e. The number of benzene rings is 3. The van der Waals surface area contributed by atoms with Crippen LogP contribution in [0.25, 0.3) is 17.1 Å². The Morgan fingerprint density at radius 3 is 2.52 bits per heavy atom. The number of aryl methyl sites for hydroxylation is 1. The van der Waals surface area contributed by atoms with Crippen LogP contribution < -0.4 is 5.43 Å². The Morgan fingerprint density at radius 1 is 1.03 bits per heavy atom. The SMILES string of the molecule is CC(=NNC(=O)CSc1nnc(-c2ccc(C)cc2)n1-c1ccccc1)c1cccc(Br)c1. The maximum atomic E-state index is 12.5. The average molecular weight is 520 g/mol. The molecule has 1 N–H and O–H groups in total. The van der Waals surface area contributed by atoms with Crippen molar-refractivity contribution in [2.45, 2.75) is 19.0 Å². The van der Waals surface area contributed by atoms with Gasteiger partial charge in [0.15, 0.2) is 11.0 Å². The van der Waals surface area contributed by atoms with Crippen LogP contribution in [0.1, 0.15) is 18.1 Å². The van der Waals surface area contributed by atoms with Crippen molar-refractivity contribution >= 4 is 39.3 Å². The lowest BCUT2D eigenvalue weighted by Crippen LogP contribution is -2.21. The van der Waals surface area contributed by atoms with E-state index in [4.69, 9.17) is 0 Å². The number of hydrogen-bond donors (Lipinski definition) is 1. The van der Waals surface area contributed by atoms with Crippen LogP contribution in [0.3, 0.4) is 0 Å². The summed E-state index contributed by atoms with van der Waals surface area (Å²) in [5, 5.41) is 13.7. The highest BCUT2D eigenvalue weighted by atomic mass is 79.9. The summed E-state index contributed by atoms with van der Waals surface area (Å²) in [5.74, 6) is 0.676. The van der Waals surface area contributed by atoms with Gasteiger partial charge in [0.1, 0.15) is 0 Å². The highest BCUT2D eigenvalue weighted by Gasteiger charge is 2.17. The van der Waals surface area contributed by atoms with Gasteiger partial charge in [-0.05, 0) is 43.7 Å². The summed E-state index contributed by atoms with van der Waals surface area (Å²) in [7, 11) is 0. The van der Waals surface area contributed by atoms with E-state index in [1.807, 2.05) is 97.3 Å². The van der Waals surface area contributed by atoms with Crippen LogP contribution in [-0.2, 0) is 4.79 Å². The van der Waals surface area contributed by atoms with E-state index in [-0.39, 0.29) is 11.7 Å². The number of carbonyl (C=O) groups is 1. The van der Waals surface area contributed by atoms with E-state index >= 15 is 0 Å². The Kier molecular flexibility index (Phi) is 7.36. The Labute approximate surface area is 205 Å². The Bertz CT molecular complexity index is 1290. The van der Waals surface area contributed by atoms with E-state index < -0.39 is 0 Å². The summed E-state index contributed by atoms with van der Waals surface area (Å²) in [5.41, 5.74) is 7.36. The van der Waals surface area contributed by atoms with Crippen LogP contribution >= 0.6 is 27.7 Å². The van der Waals surface area contributed by atoms with Crippen molar-refractivity contribution in [3.05, 3.63) is 94.5 Å². The van der Waals surface area contributed by atoms with Gasteiger partial charge < -0.3 is 0 Å². The summed E-state index contributed by atoms with van der Waals surface area (Å²) in [6, 6.07) is 25.8. The molecule has 0 bridgehead atoms. The molecule has 0 aliphatic carbocycles. The van der Waals surface area contributed by atoms with E-state index in [2.05, 4.69) is 36.7 Å². The van der Waals surface area contributed by atoms with Gasteiger partial charge in [-0.1, -0.05) is 87.9 Å². The minimum atomic E-state index is -0.214. The van der Waals surface area contributed by atoms with Crippen LogP contribution in [0.4, 0.5) is 0 Å². The topological polar surface area (TPSA) is 72.2 Å². The minimum absolute atomic E-state index is 0.161. The quantitative estimate of drug-likeness (QED) is 0.195. The molecule has 0 radical (unpaired) electrons. The molecule has 0 saturated heterocycles. The first-order chi connectivity index (χ1) is 16.0. The largest absolute Gasteiger partial charge is 0.272 e. The van der Waals surface area contributed by atoms with Gasteiger partial charge in [-0.3, -0.25) is 9.36 Å². The molecule has 0 unspecified atom stereocenters. The van der Waals surface area contributed by atoms with Gasteiger partial charge in [-0.2, -0.15) is 5.10 Å². The molecule has 166 valence electrons. The van der Waals surface area contributed by atoms with Gasteiger partial charge in [0, 0.05) is 15.7 Å². The number of rotatable bonds is 7. The molecule has 0 atom stereocenters. The monoisotopic (exact) mass is 519 g/mol. The Hall–Kier alpha value is -3.23. The molecule has 0 aliphatic rings. The number of hydrogen-bond acceptors (Lipinski definition) is 5. The minimum Gasteiger partial charge on any atom is -0.272 e. The lowest BCUT2D eigenvalue weighted by molar-refractivity contribution is -0.118. The molecule has 0 fully saturated rings. The fraction of sp³-hybridized carbons (Fsp3) is 0.120. The number of amides is 1. The predicted octanol–water partition coefficient (Wildman–Crippen LogP) is 5.64. The number of nitrogens with zero attached hydrogens (tertiary/aromatic N) is 4. The van der Waals surface area contributed by atoms with Crippen LogP contribution in [0, 0.1) is 6.92 Å². The molecule has 0 saturated carbocycles. The molecular formula is C25H22BrN5OS. The predicted molar refractivity (Wildman–Crippen MR) is 137 cm³/mol. The van der Waals surface area contributed by atoms with E-state index in [0.717, 1.165) is 32.8 Å². The van der Waals surface area contributed by atoms with Crippen molar-refractivity contribution in [3.63, 3.8) is 0 Å².